The molecule has 0 aliphatic heterocycles. The Bertz CT molecular complexity index is 643. The van der Waals surface area contributed by atoms with Gasteiger partial charge in [-0.15, -0.1) is 0 Å². The molecule has 0 amide bonds. The largest absolute Gasteiger partial charge is 0.496 e. The van der Waals surface area contributed by atoms with Gasteiger partial charge < -0.3 is 10.1 Å². The summed E-state index contributed by atoms with van der Waals surface area (Å²) in [5, 5.41) is 3.37. The maximum absolute atomic E-state index is 14.2. The third-order valence-electron chi connectivity index (χ3n) is 3.12. The molecule has 0 radical (unpaired) electrons. The van der Waals surface area contributed by atoms with Crippen molar-refractivity contribution in [2.24, 2.45) is 0 Å². The van der Waals surface area contributed by atoms with Gasteiger partial charge in [-0.3, -0.25) is 0 Å². The normalized spacial score (nSPS) is 12.3. The lowest BCUT2D eigenvalue weighted by molar-refractivity contribution is 0.403. The molecule has 0 aromatic heterocycles. The Balaban J connectivity index is 2.63. The summed E-state index contributed by atoms with van der Waals surface area (Å²) < 4.78 is 34.0. The van der Waals surface area contributed by atoms with E-state index in [-0.39, 0.29) is 5.56 Å². The average molecular weight is 377 g/mol. The number of rotatable bonds is 4. The zero-order valence-electron chi connectivity index (χ0n) is 11.4. The van der Waals surface area contributed by atoms with E-state index < -0.39 is 17.7 Å². The number of halogens is 4. The molecule has 6 heteroatoms. The van der Waals surface area contributed by atoms with Crippen molar-refractivity contribution in [2.75, 3.05) is 14.2 Å². The molecule has 0 fully saturated rings. The third-order valence-corrected chi connectivity index (χ3v) is 3.82. The molecule has 0 spiro atoms. The van der Waals surface area contributed by atoms with Gasteiger partial charge >= 0.3 is 0 Å². The van der Waals surface area contributed by atoms with E-state index in [4.69, 9.17) is 16.3 Å². The fourth-order valence-corrected chi connectivity index (χ4v) is 2.80. The average Bonchev–Trinajstić information content (AvgIpc) is 2.42. The number of ether oxygens (including phenoxy) is 1. The summed E-state index contributed by atoms with van der Waals surface area (Å²) in [6.45, 7) is 0. The summed E-state index contributed by atoms with van der Waals surface area (Å²) in [5.74, 6) is -0.799. The second kappa shape index (κ2) is 6.73. The van der Waals surface area contributed by atoms with Crippen LogP contribution < -0.4 is 10.1 Å². The minimum absolute atomic E-state index is 0.0822. The summed E-state index contributed by atoms with van der Waals surface area (Å²) in [6.07, 6.45) is 0. The van der Waals surface area contributed by atoms with Crippen molar-refractivity contribution < 1.29 is 13.5 Å². The molecule has 2 rings (SSSR count). The van der Waals surface area contributed by atoms with Gasteiger partial charge in [-0.25, -0.2) is 8.78 Å². The fourth-order valence-electron chi connectivity index (χ4n) is 2.22. The highest BCUT2D eigenvalue weighted by Crippen LogP contribution is 2.35. The molecule has 21 heavy (non-hydrogen) atoms. The first-order chi connectivity index (χ1) is 9.97. The minimum Gasteiger partial charge on any atom is -0.496 e. The van der Waals surface area contributed by atoms with Crippen molar-refractivity contribution in [3.05, 3.63) is 62.6 Å². The Hall–Kier alpha value is -1.17. The molecule has 0 saturated carbocycles. The number of benzene rings is 2. The number of methoxy groups -OCH3 is 1. The molecule has 1 N–H and O–H groups in total. The molecular weight excluding hydrogens is 364 g/mol. The van der Waals surface area contributed by atoms with Crippen LogP contribution in [0.1, 0.15) is 17.2 Å². The zero-order chi connectivity index (χ0) is 15.6. The predicted octanol–water partition coefficient (Wildman–Crippen LogP) is 4.70. The smallest absolute Gasteiger partial charge is 0.132 e. The molecule has 0 saturated heterocycles. The first kappa shape index (κ1) is 16.2. The van der Waals surface area contributed by atoms with E-state index in [0.29, 0.717) is 20.8 Å². The highest BCUT2D eigenvalue weighted by molar-refractivity contribution is 9.10. The molecule has 0 aliphatic rings. The second-order valence-electron chi connectivity index (χ2n) is 4.39. The first-order valence-corrected chi connectivity index (χ1v) is 7.30. The lowest BCUT2D eigenvalue weighted by Gasteiger charge is -2.21. The molecule has 112 valence electrons. The highest BCUT2D eigenvalue weighted by Gasteiger charge is 2.24. The van der Waals surface area contributed by atoms with Crippen LogP contribution >= 0.6 is 27.5 Å². The van der Waals surface area contributed by atoms with Crippen LogP contribution in [-0.4, -0.2) is 14.2 Å². The van der Waals surface area contributed by atoms with Crippen LogP contribution in [-0.2, 0) is 0 Å². The van der Waals surface area contributed by atoms with Gasteiger partial charge in [0.15, 0.2) is 0 Å². The molecule has 2 aromatic carbocycles. The highest BCUT2D eigenvalue weighted by atomic mass is 79.9. The van der Waals surface area contributed by atoms with Gasteiger partial charge in [-0.2, -0.15) is 0 Å². The van der Waals surface area contributed by atoms with Gasteiger partial charge in [0.1, 0.15) is 17.4 Å². The topological polar surface area (TPSA) is 21.3 Å². The Labute approximate surface area is 135 Å². The van der Waals surface area contributed by atoms with Crippen molar-refractivity contribution in [1.29, 1.82) is 0 Å². The van der Waals surface area contributed by atoms with E-state index in [2.05, 4.69) is 21.2 Å². The quantitative estimate of drug-likeness (QED) is 0.835. The zero-order valence-corrected chi connectivity index (χ0v) is 13.7. The van der Waals surface area contributed by atoms with E-state index in [1.165, 1.54) is 19.2 Å². The van der Waals surface area contributed by atoms with Crippen molar-refractivity contribution >= 4 is 27.5 Å². The second-order valence-corrected chi connectivity index (χ2v) is 5.74. The first-order valence-electron chi connectivity index (χ1n) is 6.13. The van der Waals surface area contributed by atoms with Crippen LogP contribution in [0.2, 0.25) is 5.02 Å². The minimum atomic E-state index is -0.716. The van der Waals surface area contributed by atoms with Gasteiger partial charge in [0.05, 0.1) is 13.2 Å². The molecule has 0 bridgehead atoms. The summed E-state index contributed by atoms with van der Waals surface area (Å²) in [6, 6.07) is 6.68. The van der Waals surface area contributed by atoms with Crippen LogP contribution in [0.4, 0.5) is 8.78 Å². The van der Waals surface area contributed by atoms with E-state index in [9.17, 15) is 8.78 Å². The van der Waals surface area contributed by atoms with Gasteiger partial charge in [-0.1, -0.05) is 27.5 Å². The number of hydrogen-bond acceptors (Lipinski definition) is 2. The monoisotopic (exact) mass is 375 g/mol. The summed E-state index contributed by atoms with van der Waals surface area (Å²) in [5.41, 5.74) is 0.480. The molecular formula is C15H13BrClF2NO. The molecule has 0 aliphatic carbocycles. The molecule has 2 aromatic rings. The maximum Gasteiger partial charge on any atom is 0.132 e. The molecule has 0 heterocycles. The standard InChI is InChI=1S/C15H13BrClF2NO/c1-20-15(10-7-9(17)3-4-13(10)21-2)14-11(18)5-8(16)6-12(14)19/h3-7,15,20H,1-2H3. The van der Waals surface area contributed by atoms with Gasteiger partial charge in [0.25, 0.3) is 0 Å². The van der Waals surface area contributed by atoms with E-state index in [1.807, 2.05) is 0 Å². The summed E-state index contributed by atoms with van der Waals surface area (Å²) >= 11 is 9.06. The summed E-state index contributed by atoms with van der Waals surface area (Å²) in [7, 11) is 3.11. The third kappa shape index (κ3) is 3.36. The lowest BCUT2D eigenvalue weighted by atomic mass is 9.97. The molecule has 2 nitrogen and oxygen atoms in total. The fraction of sp³-hybridized carbons (Fsp3) is 0.200. The number of hydrogen-bond donors (Lipinski definition) is 1. The van der Waals surface area contributed by atoms with Crippen LogP contribution in [0.25, 0.3) is 0 Å². The van der Waals surface area contributed by atoms with E-state index in [1.54, 1.807) is 25.2 Å². The Morgan fingerprint density at radius 3 is 2.33 bits per heavy atom. The Kier molecular flexibility index (Phi) is 5.19. The van der Waals surface area contributed by atoms with Crippen LogP contribution in [0.15, 0.2) is 34.8 Å². The van der Waals surface area contributed by atoms with Crippen LogP contribution in [0.5, 0.6) is 5.75 Å². The van der Waals surface area contributed by atoms with Gasteiger partial charge in [-0.05, 0) is 37.4 Å². The van der Waals surface area contributed by atoms with Crippen LogP contribution in [0.3, 0.4) is 0 Å². The number of nitrogens with one attached hydrogen (secondary N) is 1. The van der Waals surface area contributed by atoms with Crippen molar-refractivity contribution in [3.63, 3.8) is 0 Å². The van der Waals surface area contributed by atoms with Crippen molar-refractivity contribution in [2.45, 2.75) is 6.04 Å². The SMILES string of the molecule is CNC(c1cc(Cl)ccc1OC)c1c(F)cc(Br)cc1F. The Morgan fingerprint density at radius 1 is 1.19 bits per heavy atom. The van der Waals surface area contributed by atoms with Gasteiger partial charge in [0, 0.05) is 20.6 Å². The van der Waals surface area contributed by atoms with Gasteiger partial charge in [0.2, 0.25) is 0 Å². The molecule has 1 unspecified atom stereocenters. The van der Waals surface area contributed by atoms with Crippen molar-refractivity contribution in [3.8, 4) is 5.75 Å². The lowest BCUT2D eigenvalue weighted by Crippen LogP contribution is -2.21. The van der Waals surface area contributed by atoms with E-state index in [0.717, 1.165) is 0 Å². The Morgan fingerprint density at radius 2 is 1.81 bits per heavy atom. The predicted molar refractivity (Wildman–Crippen MR) is 83.0 cm³/mol. The van der Waals surface area contributed by atoms with E-state index >= 15 is 0 Å². The van der Waals surface area contributed by atoms with Crippen LogP contribution in [0, 0.1) is 11.6 Å². The maximum atomic E-state index is 14.2. The summed E-state index contributed by atoms with van der Waals surface area (Å²) in [4.78, 5) is 0. The molecule has 1 atom stereocenters. The van der Waals surface area contributed by atoms with Crippen molar-refractivity contribution in [1.82, 2.24) is 5.32 Å².